The Morgan fingerprint density at radius 3 is 2.61 bits per heavy atom. The Morgan fingerprint density at radius 2 is 2.04 bits per heavy atom. The third-order valence-corrected chi connectivity index (χ3v) is 5.04. The van der Waals surface area contributed by atoms with Gasteiger partial charge in [-0.25, -0.2) is 18.7 Å². The molecule has 3 rings (SSSR count). The van der Waals surface area contributed by atoms with Crippen molar-refractivity contribution in [2.24, 2.45) is 0 Å². The molecule has 0 atom stereocenters. The minimum atomic E-state index is -1.02. The number of nitrogens with one attached hydrogen (secondary N) is 1. The molecule has 0 aliphatic heterocycles. The van der Waals surface area contributed by atoms with Crippen LogP contribution in [0.5, 0.6) is 0 Å². The molecule has 0 saturated carbocycles. The summed E-state index contributed by atoms with van der Waals surface area (Å²) in [5.41, 5.74) is -0.853. The molecule has 0 aromatic carbocycles. The first-order valence-electron chi connectivity index (χ1n) is 6.91. The molecule has 1 N–H and O–H groups in total. The fourth-order valence-corrected chi connectivity index (χ4v) is 3.76. The second kappa shape index (κ2) is 5.61. The number of H-pyrrole nitrogens is 1. The Labute approximate surface area is 132 Å². The molecule has 3 aromatic heterocycles. The number of rotatable bonds is 4. The van der Waals surface area contributed by atoms with E-state index in [1.165, 1.54) is 11.0 Å². The Balaban J connectivity index is 2.32. The molecule has 122 valence electrons. The summed E-state index contributed by atoms with van der Waals surface area (Å²) < 4.78 is 16.5. The molecule has 0 aliphatic carbocycles. The monoisotopic (exact) mass is 339 g/mol. The van der Waals surface area contributed by atoms with Crippen LogP contribution in [0.15, 0.2) is 20.7 Å². The molecule has 0 spiro atoms. The van der Waals surface area contributed by atoms with Gasteiger partial charge in [0.05, 0.1) is 11.9 Å². The molecule has 0 unspecified atom stereocenters. The van der Waals surface area contributed by atoms with Crippen LogP contribution in [0.3, 0.4) is 0 Å². The topological polar surface area (TPSA) is 94.7 Å². The molecule has 23 heavy (non-hydrogen) atoms. The molecular formula is C13H14FN5O3S. The predicted molar refractivity (Wildman–Crippen MR) is 83.8 cm³/mol. The van der Waals surface area contributed by atoms with E-state index in [2.05, 4.69) is 10.1 Å². The zero-order valence-electron chi connectivity index (χ0n) is 12.5. The average Bonchev–Trinajstić information content (AvgIpc) is 3.05. The maximum Gasteiger partial charge on any atom is 0.343 e. The highest BCUT2D eigenvalue weighted by Gasteiger charge is 2.19. The van der Waals surface area contributed by atoms with Gasteiger partial charge in [0.15, 0.2) is 6.80 Å². The van der Waals surface area contributed by atoms with Crippen molar-refractivity contribution in [1.82, 2.24) is 23.9 Å². The SMILES string of the molecule is CCn1c(=O)c2c(C)c(Cn3nc[nH]c3=O)sc2n(CF)c1=O. The molecule has 0 aliphatic rings. The van der Waals surface area contributed by atoms with Crippen molar-refractivity contribution in [1.29, 1.82) is 0 Å². The van der Waals surface area contributed by atoms with Gasteiger partial charge < -0.3 is 0 Å². The van der Waals surface area contributed by atoms with E-state index in [9.17, 15) is 18.8 Å². The van der Waals surface area contributed by atoms with Gasteiger partial charge in [-0.1, -0.05) is 0 Å². The normalized spacial score (nSPS) is 11.4. The van der Waals surface area contributed by atoms with E-state index in [0.717, 1.165) is 20.5 Å². The lowest BCUT2D eigenvalue weighted by molar-refractivity contribution is 0.367. The van der Waals surface area contributed by atoms with Crippen molar-refractivity contribution in [2.75, 3.05) is 0 Å². The molecule has 3 aromatic rings. The summed E-state index contributed by atoms with van der Waals surface area (Å²) in [7, 11) is 0. The first-order chi connectivity index (χ1) is 11.0. The summed E-state index contributed by atoms with van der Waals surface area (Å²) in [6, 6.07) is 0. The zero-order chi connectivity index (χ0) is 16.7. The molecule has 3 heterocycles. The first kappa shape index (κ1) is 15.4. The highest BCUT2D eigenvalue weighted by Crippen LogP contribution is 2.28. The Kier molecular flexibility index (Phi) is 3.76. The van der Waals surface area contributed by atoms with E-state index in [1.807, 2.05) is 0 Å². The number of hydrogen-bond donors (Lipinski definition) is 1. The van der Waals surface area contributed by atoms with Crippen molar-refractivity contribution in [3.63, 3.8) is 0 Å². The maximum absolute atomic E-state index is 13.3. The van der Waals surface area contributed by atoms with Crippen LogP contribution in [0.25, 0.3) is 10.2 Å². The lowest BCUT2D eigenvalue weighted by atomic mass is 10.2. The van der Waals surface area contributed by atoms with Gasteiger partial charge in [-0.15, -0.1) is 11.3 Å². The second-order valence-electron chi connectivity index (χ2n) is 4.96. The van der Waals surface area contributed by atoms with Crippen molar-refractivity contribution in [3.05, 3.63) is 48.1 Å². The fourth-order valence-electron chi connectivity index (χ4n) is 2.50. The number of thiophene rings is 1. The number of aryl methyl sites for hydroxylation is 1. The number of alkyl halides is 1. The van der Waals surface area contributed by atoms with Gasteiger partial charge >= 0.3 is 11.4 Å². The number of aromatic nitrogens is 5. The average molecular weight is 339 g/mol. The third-order valence-electron chi connectivity index (χ3n) is 3.74. The van der Waals surface area contributed by atoms with Crippen molar-refractivity contribution in [2.45, 2.75) is 33.7 Å². The molecule has 10 heteroatoms. The van der Waals surface area contributed by atoms with Crippen molar-refractivity contribution >= 4 is 21.6 Å². The van der Waals surface area contributed by atoms with E-state index < -0.39 is 18.0 Å². The van der Waals surface area contributed by atoms with Crippen LogP contribution in [0, 0.1) is 6.92 Å². The van der Waals surface area contributed by atoms with Gasteiger partial charge in [0.1, 0.15) is 11.2 Å². The number of nitrogens with zero attached hydrogens (tertiary/aromatic N) is 4. The molecule has 8 nitrogen and oxygen atoms in total. The lowest BCUT2D eigenvalue weighted by Crippen LogP contribution is -2.38. The van der Waals surface area contributed by atoms with Crippen LogP contribution in [-0.4, -0.2) is 23.9 Å². The summed E-state index contributed by atoms with van der Waals surface area (Å²) >= 11 is 1.13. The largest absolute Gasteiger partial charge is 0.343 e. The van der Waals surface area contributed by atoms with Gasteiger partial charge in [0.25, 0.3) is 5.56 Å². The highest BCUT2D eigenvalue weighted by molar-refractivity contribution is 7.18. The van der Waals surface area contributed by atoms with Crippen molar-refractivity contribution in [3.8, 4) is 0 Å². The van der Waals surface area contributed by atoms with Crippen LogP contribution in [0.2, 0.25) is 0 Å². The van der Waals surface area contributed by atoms with E-state index in [0.29, 0.717) is 15.8 Å². The third kappa shape index (κ3) is 2.25. The molecule has 0 fully saturated rings. The molecule has 0 amide bonds. The number of fused-ring (bicyclic) bond motifs is 1. The minimum Gasteiger partial charge on any atom is -0.295 e. The predicted octanol–water partition coefficient (Wildman–Crippen LogP) is 0.413. The lowest BCUT2D eigenvalue weighted by Gasteiger charge is -2.07. The highest BCUT2D eigenvalue weighted by atomic mass is 32.1. The van der Waals surface area contributed by atoms with E-state index in [-0.39, 0.29) is 23.6 Å². The van der Waals surface area contributed by atoms with E-state index >= 15 is 0 Å². The fraction of sp³-hybridized carbons (Fsp3) is 0.385. The summed E-state index contributed by atoms with van der Waals surface area (Å²) in [4.78, 5) is 39.6. The maximum atomic E-state index is 13.3. The summed E-state index contributed by atoms with van der Waals surface area (Å²) in [6.07, 6.45) is 1.27. The second-order valence-corrected chi connectivity index (χ2v) is 6.05. The van der Waals surface area contributed by atoms with Gasteiger partial charge in [-0.2, -0.15) is 5.10 Å². The number of aromatic amines is 1. The minimum absolute atomic E-state index is 0.152. The summed E-state index contributed by atoms with van der Waals surface area (Å²) in [5.74, 6) is 0. The van der Waals surface area contributed by atoms with Gasteiger partial charge in [0, 0.05) is 11.4 Å². The number of hydrogen-bond acceptors (Lipinski definition) is 5. The van der Waals surface area contributed by atoms with E-state index in [4.69, 9.17) is 0 Å². The Bertz CT molecular complexity index is 1050. The molecule has 0 bridgehead atoms. The molecule has 0 saturated heterocycles. The Morgan fingerprint density at radius 1 is 1.30 bits per heavy atom. The summed E-state index contributed by atoms with van der Waals surface area (Å²) in [6.45, 7) is 2.68. The number of halogens is 1. The quantitative estimate of drug-likeness (QED) is 0.745. The standard InChI is InChI=1S/C13H14FN5O3S/c1-3-17-10(20)9-7(2)8(4-19-12(21)15-6-16-19)23-11(9)18(5-14)13(17)22/h6H,3-5H2,1-2H3,(H,15,16,21). The first-order valence-corrected chi connectivity index (χ1v) is 7.73. The van der Waals surface area contributed by atoms with Crippen LogP contribution in [0.1, 0.15) is 17.4 Å². The van der Waals surface area contributed by atoms with E-state index in [1.54, 1.807) is 13.8 Å². The van der Waals surface area contributed by atoms with Crippen LogP contribution in [-0.2, 0) is 19.9 Å². The zero-order valence-corrected chi connectivity index (χ0v) is 13.3. The van der Waals surface area contributed by atoms with Gasteiger partial charge in [-0.05, 0) is 19.4 Å². The smallest absolute Gasteiger partial charge is 0.295 e. The molecular weight excluding hydrogens is 325 g/mol. The van der Waals surface area contributed by atoms with Gasteiger partial charge in [-0.3, -0.25) is 18.9 Å². The van der Waals surface area contributed by atoms with Crippen LogP contribution < -0.4 is 16.9 Å². The van der Waals surface area contributed by atoms with Crippen LogP contribution in [0.4, 0.5) is 4.39 Å². The Hall–Kier alpha value is -2.49. The summed E-state index contributed by atoms with van der Waals surface area (Å²) in [5, 5.41) is 4.18. The van der Waals surface area contributed by atoms with Crippen molar-refractivity contribution < 1.29 is 4.39 Å². The van der Waals surface area contributed by atoms with Gasteiger partial charge in [0.2, 0.25) is 0 Å². The molecule has 0 radical (unpaired) electrons. The van der Waals surface area contributed by atoms with Crippen LogP contribution >= 0.6 is 11.3 Å².